The lowest BCUT2D eigenvalue weighted by Crippen LogP contribution is -2.37. The summed E-state index contributed by atoms with van der Waals surface area (Å²) in [5, 5.41) is 13.8. The molecule has 0 saturated carbocycles. The van der Waals surface area contributed by atoms with Crippen LogP contribution in [0.25, 0.3) is 0 Å². The van der Waals surface area contributed by atoms with Gasteiger partial charge in [0, 0.05) is 47.7 Å². The SMILES string of the molecule is CCn1nc(C(=O)O)c2c1CC[C@@H](N(C)Cc1ncc(C)c(OC)c1C)C2. The van der Waals surface area contributed by atoms with E-state index >= 15 is 0 Å². The first-order chi connectivity index (χ1) is 12.9. The van der Waals surface area contributed by atoms with E-state index in [1.165, 1.54) is 0 Å². The molecule has 0 bridgehead atoms. The third-order valence-corrected chi connectivity index (χ3v) is 5.59. The average molecular weight is 372 g/mol. The number of carboxylic acids is 1. The minimum Gasteiger partial charge on any atom is -0.496 e. The summed E-state index contributed by atoms with van der Waals surface area (Å²) >= 11 is 0. The molecule has 3 rings (SSSR count). The zero-order valence-electron chi connectivity index (χ0n) is 16.7. The number of hydrogen-bond donors (Lipinski definition) is 1. The smallest absolute Gasteiger partial charge is 0.356 e. The molecule has 0 radical (unpaired) electrons. The number of aryl methyl sites for hydroxylation is 2. The Kier molecular flexibility index (Phi) is 5.51. The molecule has 1 atom stereocenters. The predicted molar refractivity (Wildman–Crippen MR) is 102 cm³/mol. The first-order valence-corrected chi connectivity index (χ1v) is 9.38. The Balaban J connectivity index is 1.82. The van der Waals surface area contributed by atoms with Crippen molar-refractivity contribution < 1.29 is 14.6 Å². The van der Waals surface area contributed by atoms with Gasteiger partial charge >= 0.3 is 5.97 Å². The summed E-state index contributed by atoms with van der Waals surface area (Å²) in [6.45, 7) is 7.42. The zero-order valence-corrected chi connectivity index (χ0v) is 16.7. The monoisotopic (exact) mass is 372 g/mol. The molecule has 2 aromatic rings. The number of pyridine rings is 1. The van der Waals surface area contributed by atoms with Crippen molar-refractivity contribution in [3.05, 3.63) is 40.0 Å². The van der Waals surface area contributed by atoms with E-state index in [9.17, 15) is 9.90 Å². The van der Waals surface area contributed by atoms with Crippen LogP contribution in [0, 0.1) is 13.8 Å². The van der Waals surface area contributed by atoms with Crippen LogP contribution >= 0.6 is 0 Å². The summed E-state index contributed by atoms with van der Waals surface area (Å²) in [5.41, 5.74) is 5.25. The summed E-state index contributed by atoms with van der Waals surface area (Å²) in [7, 11) is 3.76. The molecule has 1 aliphatic carbocycles. The highest BCUT2D eigenvalue weighted by Gasteiger charge is 2.30. The van der Waals surface area contributed by atoms with E-state index in [2.05, 4.69) is 22.0 Å². The number of nitrogens with zero attached hydrogens (tertiary/aromatic N) is 4. The van der Waals surface area contributed by atoms with Gasteiger partial charge in [-0.25, -0.2) is 4.79 Å². The summed E-state index contributed by atoms with van der Waals surface area (Å²) in [4.78, 5) is 18.5. The highest BCUT2D eigenvalue weighted by atomic mass is 16.5. The minimum atomic E-state index is -0.942. The molecular weight excluding hydrogens is 344 g/mol. The number of ether oxygens (including phenoxy) is 1. The maximum atomic E-state index is 11.6. The number of likely N-dealkylation sites (N-methyl/N-ethyl adjacent to an activating group) is 1. The van der Waals surface area contributed by atoms with E-state index in [1.807, 2.05) is 31.6 Å². The Morgan fingerprint density at radius 3 is 2.81 bits per heavy atom. The maximum Gasteiger partial charge on any atom is 0.356 e. The molecule has 0 amide bonds. The van der Waals surface area contributed by atoms with Crippen LogP contribution in [0.15, 0.2) is 6.20 Å². The van der Waals surface area contributed by atoms with Gasteiger partial charge in [-0.15, -0.1) is 0 Å². The van der Waals surface area contributed by atoms with Gasteiger partial charge in [0.15, 0.2) is 5.69 Å². The third-order valence-electron chi connectivity index (χ3n) is 5.59. The Labute approximate surface area is 160 Å². The van der Waals surface area contributed by atoms with Gasteiger partial charge in [-0.3, -0.25) is 14.6 Å². The molecule has 146 valence electrons. The summed E-state index contributed by atoms with van der Waals surface area (Å²) in [6.07, 6.45) is 4.38. The van der Waals surface area contributed by atoms with Gasteiger partial charge in [0.1, 0.15) is 5.75 Å². The minimum absolute atomic E-state index is 0.205. The van der Waals surface area contributed by atoms with Gasteiger partial charge in [0.05, 0.1) is 12.8 Å². The molecule has 1 N–H and O–H groups in total. The second-order valence-corrected chi connectivity index (χ2v) is 7.25. The molecular formula is C20H28N4O3. The van der Waals surface area contributed by atoms with Crippen LogP contribution in [-0.2, 0) is 25.9 Å². The lowest BCUT2D eigenvalue weighted by atomic mass is 9.90. The van der Waals surface area contributed by atoms with E-state index in [0.29, 0.717) is 19.5 Å². The summed E-state index contributed by atoms with van der Waals surface area (Å²) in [6, 6.07) is 0.263. The largest absolute Gasteiger partial charge is 0.496 e. The van der Waals surface area contributed by atoms with Crippen molar-refractivity contribution in [2.75, 3.05) is 14.2 Å². The number of aromatic carboxylic acids is 1. The Morgan fingerprint density at radius 2 is 2.19 bits per heavy atom. The molecule has 7 heteroatoms. The van der Waals surface area contributed by atoms with Crippen molar-refractivity contribution in [3.8, 4) is 5.75 Å². The lowest BCUT2D eigenvalue weighted by Gasteiger charge is -2.32. The molecule has 7 nitrogen and oxygen atoms in total. The molecule has 0 aliphatic heterocycles. The number of rotatable bonds is 6. The number of carboxylic acid groups (broad SMARTS) is 1. The van der Waals surface area contributed by atoms with Crippen LogP contribution in [-0.4, -0.2) is 50.9 Å². The van der Waals surface area contributed by atoms with Gasteiger partial charge in [0.25, 0.3) is 0 Å². The Morgan fingerprint density at radius 1 is 1.44 bits per heavy atom. The highest BCUT2D eigenvalue weighted by Crippen LogP contribution is 2.29. The van der Waals surface area contributed by atoms with Crippen molar-refractivity contribution in [1.29, 1.82) is 0 Å². The summed E-state index contributed by atoms with van der Waals surface area (Å²) in [5.74, 6) is -0.0562. The fourth-order valence-electron chi connectivity index (χ4n) is 4.07. The average Bonchev–Trinajstić information content (AvgIpc) is 3.02. The summed E-state index contributed by atoms with van der Waals surface area (Å²) < 4.78 is 7.35. The van der Waals surface area contributed by atoms with Crippen molar-refractivity contribution in [1.82, 2.24) is 19.7 Å². The second kappa shape index (κ2) is 7.68. The molecule has 2 heterocycles. The van der Waals surface area contributed by atoms with Gasteiger partial charge < -0.3 is 9.84 Å². The van der Waals surface area contributed by atoms with E-state index in [4.69, 9.17) is 4.74 Å². The Bertz CT molecular complexity index is 859. The quantitative estimate of drug-likeness (QED) is 0.840. The second-order valence-electron chi connectivity index (χ2n) is 7.25. The molecule has 0 saturated heterocycles. The fraction of sp³-hybridized carbons (Fsp3) is 0.550. The molecule has 0 aromatic carbocycles. The highest BCUT2D eigenvalue weighted by molar-refractivity contribution is 5.87. The maximum absolute atomic E-state index is 11.6. The van der Waals surface area contributed by atoms with E-state index in [-0.39, 0.29) is 11.7 Å². The topological polar surface area (TPSA) is 80.5 Å². The Hall–Kier alpha value is -2.41. The van der Waals surface area contributed by atoms with Gasteiger partial charge in [-0.2, -0.15) is 5.10 Å². The lowest BCUT2D eigenvalue weighted by molar-refractivity contribution is 0.0687. The number of aromatic nitrogens is 3. The van der Waals surface area contributed by atoms with E-state index in [0.717, 1.165) is 46.7 Å². The van der Waals surface area contributed by atoms with Crippen LogP contribution < -0.4 is 4.74 Å². The number of hydrogen-bond acceptors (Lipinski definition) is 5. The van der Waals surface area contributed by atoms with E-state index < -0.39 is 5.97 Å². The molecule has 0 fully saturated rings. The standard InChI is InChI=1S/C20H28N4O3/c1-6-24-17-8-7-14(9-15(17)18(22-24)20(25)26)23(4)11-16-13(3)19(27-5)12(2)10-21-16/h10,14H,6-9,11H2,1-5H3,(H,25,26)/t14-/m1/s1. The van der Waals surface area contributed by atoms with Crippen LogP contribution in [0.5, 0.6) is 5.75 Å². The van der Waals surface area contributed by atoms with Crippen molar-refractivity contribution >= 4 is 5.97 Å². The van der Waals surface area contributed by atoms with Gasteiger partial charge in [0.2, 0.25) is 0 Å². The molecule has 27 heavy (non-hydrogen) atoms. The van der Waals surface area contributed by atoms with Gasteiger partial charge in [-0.05, 0) is 47.1 Å². The van der Waals surface area contributed by atoms with Gasteiger partial charge in [-0.1, -0.05) is 0 Å². The third kappa shape index (κ3) is 3.56. The normalized spacial score (nSPS) is 16.4. The number of methoxy groups -OCH3 is 1. The first-order valence-electron chi connectivity index (χ1n) is 9.38. The zero-order chi connectivity index (χ0) is 19.7. The van der Waals surface area contributed by atoms with Crippen LogP contribution in [0.2, 0.25) is 0 Å². The number of fused-ring (bicyclic) bond motifs is 1. The van der Waals surface area contributed by atoms with Crippen molar-refractivity contribution in [3.63, 3.8) is 0 Å². The molecule has 0 unspecified atom stereocenters. The van der Waals surface area contributed by atoms with E-state index in [1.54, 1.807) is 7.11 Å². The van der Waals surface area contributed by atoms with Crippen LogP contribution in [0.4, 0.5) is 0 Å². The molecule has 1 aliphatic rings. The fourth-order valence-corrected chi connectivity index (χ4v) is 4.07. The van der Waals surface area contributed by atoms with Crippen molar-refractivity contribution in [2.45, 2.75) is 59.2 Å². The van der Waals surface area contributed by atoms with Crippen LogP contribution in [0.1, 0.15) is 51.9 Å². The molecule has 0 spiro atoms. The predicted octanol–water partition coefficient (Wildman–Crippen LogP) is 2.61. The van der Waals surface area contributed by atoms with Crippen LogP contribution in [0.3, 0.4) is 0 Å². The molecule has 2 aromatic heterocycles. The first kappa shape index (κ1) is 19.4. The van der Waals surface area contributed by atoms with Crippen molar-refractivity contribution in [2.24, 2.45) is 0 Å². The number of carbonyl (C=O) groups is 1.